The van der Waals surface area contributed by atoms with Crippen LogP contribution in [0.4, 0.5) is 0 Å². The van der Waals surface area contributed by atoms with Crippen molar-refractivity contribution in [3.8, 4) is 0 Å². The summed E-state index contributed by atoms with van der Waals surface area (Å²) < 4.78 is 25.6. The lowest BCUT2D eigenvalue weighted by atomic mass is 9.43. The standard InChI is InChI=1S/C33H63N3O4/c1-5-15-37-16-6-7-23(2)26-8-9-27-31-28(22-30(33(26,27)4)40-19-14-36)32(3)11-10-25(38-17-12-34)20-24(32)21-29(31)39-18-13-35/h23-31H,5-22,34-36H2,1-4H3/t23-,24?,25-,26-,27+,28+,29-,30+,31?,32?,33-/m1/s1. The lowest BCUT2D eigenvalue weighted by Crippen LogP contribution is -2.63. The van der Waals surface area contributed by atoms with Crippen LogP contribution >= 0.6 is 0 Å². The monoisotopic (exact) mass is 565 g/mol. The number of rotatable bonds is 16. The van der Waals surface area contributed by atoms with Gasteiger partial charge in [0.15, 0.2) is 0 Å². The summed E-state index contributed by atoms with van der Waals surface area (Å²) in [7, 11) is 0. The topological polar surface area (TPSA) is 115 Å². The van der Waals surface area contributed by atoms with Crippen LogP contribution < -0.4 is 17.2 Å². The minimum Gasteiger partial charge on any atom is -0.381 e. The first-order valence-electron chi connectivity index (χ1n) is 16.9. The molecule has 4 fully saturated rings. The fourth-order valence-electron chi connectivity index (χ4n) is 10.3. The van der Waals surface area contributed by atoms with Gasteiger partial charge in [0.2, 0.25) is 0 Å². The predicted molar refractivity (Wildman–Crippen MR) is 162 cm³/mol. The Morgan fingerprint density at radius 3 is 2.25 bits per heavy atom. The molecular formula is C33H63N3O4. The number of hydrogen-bond donors (Lipinski definition) is 3. The fraction of sp³-hybridized carbons (Fsp3) is 1.00. The largest absolute Gasteiger partial charge is 0.381 e. The molecule has 0 heterocycles. The molecule has 0 aromatic heterocycles. The second-order valence-corrected chi connectivity index (χ2v) is 14.1. The van der Waals surface area contributed by atoms with Crippen molar-refractivity contribution in [2.24, 2.45) is 63.5 Å². The van der Waals surface area contributed by atoms with Gasteiger partial charge in [0, 0.05) is 38.3 Å². The molecule has 4 aliphatic rings. The van der Waals surface area contributed by atoms with Crippen LogP contribution in [0.25, 0.3) is 0 Å². The lowest BCUT2D eigenvalue weighted by Gasteiger charge is -2.64. The Morgan fingerprint density at radius 2 is 1.52 bits per heavy atom. The van der Waals surface area contributed by atoms with Crippen LogP contribution in [0.5, 0.6) is 0 Å². The van der Waals surface area contributed by atoms with Gasteiger partial charge in [0.25, 0.3) is 0 Å². The lowest BCUT2D eigenvalue weighted by molar-refractivity contribution is -0.226. The summed E-state index contributed by atoms with van der Waals surface area (Å²) in [6, 6.07) is 0. The van der Waals surface area contributed by atoms with Crippen LogP contribution in [0, 0.1) is 46.3 Å². The van der Waals surface area contributed by atoms with Crippen LogP contribution in [-0.2, 0) is 18.9 Å². The molecule has 0 saturated heterocycles. The summed E-state index contributed by atoms with van der Waals surface area (Å²) in [4.78, 5) is 0. The molecule has 7 heteroatoms. The minimum absolute atomic E-state index is 0.148. The first-order valence-corrected chi connectivity index (χ1v) is 16.9. The molecule has 3 unspecified atom stereocenters. The van der Waals surface area contributed by atoms with Gasteiger partial charge in [-0.05, 0) is 105 Å². The van der Waals surface area contributed by atoms with Gasteiger partial charge < -0.3 is 36.1 Å². The molecule has 6 N–H and O–H groups in total. The van der Waals surface area contributed by atoms with Gasteiger partial charge in [-0.15, -0.1) is 0 Å². The van der Waals surface area contributed by atoms with Crippen LogP contribution in [0.1, 0.15) is 91.9 Å². The van der Waals surface area contributed by atoms with Crippen molar-refractivity contribution < 1.29 is 18.9 Å². The van der Waals surface area contributed by atoms with Gasteiger partial charge in [-0.25, -0.2) is 0 Å². The van der Waals surface area contributed by atoms with Crippen LogP contribution in [0.2, 0.25) is 0 Å². The van der Waals surface area contributed by atoms with E-state index < -0.39 is 0 Å². The van der Waals surface area contributed by atoms with E-state index in [0.717, 1.165) is 51.7 Å². The van der Waals surface area contributed by atoms with Crippen molar-refractivity contribution in [3.05, 3.63) is 0 Å². The third-order valence-corrected chi connectivity index (χ3v) is 12.1. The van der Waals surface area contributed by atoms with Crippen LogP contribution in [0.15, 0.2) is 0 Å². The molecule has 0 radical (unpaired) electrons. The third-order valence-electron chi connectivity index (χ3n) is 12.1. The molecule has 4 aliphatic carbocycles. The molecule has 234 valence electrons. The predicted octanol–water partition coefficient (Wildman–Crippen LogP) is 4.74. The summed E-state index contributed by atoms with van der Waals surface area (Å²) in [5, 5.41) is 0. The van der Waals surface area contributed by atoms with Gasteiger partial charge in [-0.3, -0.25) is 0 Å². The maximum atomic E-state index is 6.80. The highest BCUT2D eigenvalue weighted by Crippen LogP contribution is 2.69. The van der Waals surface area contributed by atoms with E-state index in [1.807, 2.05) is 0 Å². The number of ether oxygens (including phenoxy) is 4. The highest BCUT2D eigenvalue weighted by atomic mass is 16.5. The SMILES string of the molecule is CCCOCCC[C@@H](C)[C@H]1CC[C@H]2C3[C@H](OCCN)CC4C[C@H](OCCN)CCC4(C)[C@H]3C[C@H](OCCN)[C@]12C. The van der Waals surface area contributed by atoms with E-state index in [0.29, 0.717) is 86.5 Å². The van der Waals surface area contributed by atoms with E-state index in [2.05, 4.69) is 27.7 Å². The van der Waals surface area contributed by atoms with E-state index in [1.165, 1.54) is 25.7 Å². The zero-order valence-electron chi connectivity index (χ0n) is 26.3. The maximum absolute atomic E-state index is 6.80. The molecule has 4 rings (SSSR count). The van der Waals surface area contributed by atoms with E-state index in [1.54, 1.807) is 0 Å². The van der Waals surface area contributed by atoms with Crippen molar-refractivity contribution in [2.75, 3.05) is 52.7 Å². The Morgan fingerprint density at radius 1 is 0.800 bits per heavy atom. The molecule has 7 nitrogen and oxygen atoms in total. The van der Waals surface area contributed by atoms with Crippen molar-refractivity contribution in [1.29, 1.82) is 0 Å². The van der Waals surface area contributed by atoms with Crippen molar-refractivity contribution in [1.82, 2.24) is 0 Å². The van der Waals surface area contributed by atoms with Gasteiger partial charge >= 0.3 is 0 Å². The Labute approximate surface area is 245 Å². The number of hydrogen-bond acceptors (Lipinski definition) is 7. The Balaban J connectivity index is 1.59. The molecule has 40 heavy (non-hydrogen) atoms. The summed E-state index contributed by atoms with van der Waals surface area (Å²) in [6.45, 7) is 15.3. The quantitative estimate of drug-likeness (QED) is 0.232. The second kappa shape index (κ2) is 14.9. The smallest absolute Gasteiger partial charge is 0.0637 e. The average molecular weight is 566 g/mol. The van der Waals surface area contributed by atoms with Gasteiger partial charge in [-0.1, -0.05) is 27.7 Å². The van der Waals surface area contributed by atoms with Gasteiger partial charge in [0.1, 0.15) is 0 Å². The Bertz CT molecular complexity index is 757. The maximum Gasteiger partial charge on any atom is 0.0637 e. The molecule has 0 amide bonds. The van der Waals surface area contributed by atoms with Gasteiger partial charge in [-0.2, -0.15) is 0 Å². The summed E-state index contributed by atoms with van der Waals surface area (Å²) in [5.74, 6) is 3.71. The molecule has 4 saturated carbocycles. The fourth-order valence-corrected chi connectivity index (χ4v) is 10.3. The first kappa shape index (κ1) is 32.6. The molecule has 11 atom stereocenters. The summed E-state index contributed by atoms with van der Waals surface area (Å²) in [6.07, 6.45) is 12.7. The highest BCUT2D eigenvalue weighted by Gasteiger charge is 2.66. The average Bonchev–Trinajstić information content (AvgIpc) is 3.31. The normalized spacial score (nSPS) is 41.8. The molecule has 0 aliphatic heterocycles. The zero-order valence-corrected chi connectivity index (χ0v) is 26.3. The third kappa shape index (κ3) is 6.61. The minimum atomic E-state index is 0.148. The number of nitrogens with two attached hydrogens (primary N) is 3. The highest BCUT2D eigenvalue weighted by molar-refractivity contribution is 5.15. The molecule has 0 bridgehead atoms. The molecular weight excluding hydrogens is 502 g/mol. The van der Waals surface area contributed by atoms with E-state index >= 15 is 0 Å². The summed E-state index contributed by atoms with van der Waals surface area (Å²) in [5.41, 5.74) is 18.2. The van der Waals surface area contributed by atoms with Crippen molar-refractivity contribution >= 4 is 0 Å². The van der Waals surface area contributed by atoms with Gasteiger partial charge in [0.05, 0.1) is 38.1 Å². The zero-order chi connectivity index (χ0) is 28.8. The second-order valence-electron chi connectivity index (χ2n) is 14.1. The number of fused-ring (bicyclic) bond motifs is 5. The molecule has 0 spiro atoms. The van der Waals surface area contributed by atoms with E-state index in [-0.39, 0.29) is 17.6 Å². The van der Waals surface area contributed by atoms with E-state index in [4.69, 9.17) is 36.1 Å². The van der Waals surface area contributed by atoms with Crippen molar-refractivity contribution in [3.63, 3.8) is 0 Å². The summed E-state index contributed by atoms with van der Waals surface area (Å²) >= 11 is 0. The Hall–Kier alpha value is -0.280. The Kier molecular flexibility index (Phi) is 12.2. The van der Waals surface area contributed by atoms with Crippen LogP contribution in [0.3, 0.4) is 0 Å². The molecule has 0 aromatic rings. The van der Waals surface area contributed by atoms with E-state index in [9.17, 15) is 0 Å². The molecule has 0 aromatic carbocycles. The first-order chi connectivity index (χ1) is 19.3. The van der Waals surface area contributed by atoms with Crippen molar-refractivity contribution in [2.45, 2.75) is 110 Å². The van der Waals surface area contributed by atoms with Crippen LogP contribution in [-0.4, -0.2) is 71.0 Å².